The lowest BCUT2D eigenvalue weighted by Crippen LogP contribution is -2.06. The van der Waals surface area contributed by atoms with Crippen molar-refractivity contribution in [2.45, 2.75) is 32.2 Å². The average Bonchev–Trinajstić information content (AvgIpc) is 1.98. The van der Waals surface area contributed by atoms with Gasteiger partial charge in [0.15, 0.2) is 0 Å². The number of nitroso groups, excluding NO2 is 2. The fourth-order valence-electron chi connectivity index (χ4n) is 0.703. The summed E-state index contributed by atoms with van der Waals surface area (Å²) < 4.78 is 0. The highest BCUT2D eigenvalue weighted by atomic mass is 16.3. The minimum atomic E-state index is -0.391. The van der Waals surface area contributed by atoms with Crippen LogP contribution in [0.3, 0.4) is 0 Å². The van der Waals surface area contributed by atoms with Gasteiger partial charge in [-0.2, -0.15) is 9.81 Å². The number of rotatable bonds is 6. The van der Waals surface area contributed by atoms with Gasteiger partial charge in [-0.05, 0) is 6.42 Å². The van der Waals surface area contributed by atoms with Crippen LogP contribution in [0.4, 0.5) is 0 Å². The average molecular weight is 144 g/mol. The SMILES string of the molecule is CCCC[C@H](CN=O)N=O. The van der Waals surface area contributed by atoms with Crippen LogP contribution in [-0.4, -0.2) is 12.6 Å². The lowest BCUT2D eigenvalue weighted by atomic mass is 10.1. The highest BCUT2D eigenvalue weighted by Crippen LogP contribution is 2.03. The second-order valence-electron chi connectivity index (χ2n) is 2.21. The zero-order valence-electron chi connectivity index (χ0n) is 6.12. The Morgan fingerprint density at radius 1 is 1.40 bits per heavy atom. The monoisotopic (exact) mass is 144 g/mol. The van der Waals surface area contributed by atoms with Gasteiger partial charge in [-0.3, -0.25) is 0 Å². The van der Waals surface area contributed by atoms with Crippen molar-refractivity contribution in [3.05, 3.63) is 9.81 Å². The lowest BCUT2D eigenvalue weighted by molar-refractivity contribution is 0.582. The summed E-state index contributed by atoms with van der Waals surface area (Å²) in [6.07, 6.45) is 2.64. The maximum absolute atomic E-state index is 9.95. The zero-order chi connectivity index (χ0) is 7.82. The molecule has 0 aromatic rings. The van der Waals surface area contributed by atoms with Crippen molar-refractivity contribution in [2.24, 2.45) is 10.4 Å². The van der Waals surface area contributed by atoms with Crippen molar-refractivity contribution < 1.29 is 0 Å². The Hall–Kier alpha value is -0.800. The standard InChI is InChI=1S/C6H12N2O2/c1-2-3-4-6(8-10)5-7-9/h6H,2-5H2,1H3/t6-/m1/s1. The fraction of sp³-hybridized carbons (Fsp3) is 1.00. The first-order valence-corrected chi connectivity index (χ1v) is 3.46. The highest BCUT2D eigenvalue weighted by Gasteiger charge is 2.06. The molecule has 0 aliphatic carbocycles. The normalized spacial score (nSPS) is 12.5. The molecule has 0 unspecified atom stereocenters. The van der Waals surface area contributed by atoms with Gasteiger partial charge in [-0.1, -0.05) is 30.1 Å². The quantitative estimate of drug-likeness (QED) is 0.536. The van der Waals surface area contributed by atoms with Crippen molar-refractivity contribution >= 4 is 0 Å². The van der Waals surface area contributed by atoms with E-state index in [1.807, 2.05) is 6.92 Å². The Labute approximate surface area is 60.0 Å². The molecule has 0 bridgehead atoms. The molecule has 0 saturated heterocycles. The Bertz CT molecular complexity index is 106. The Morgan fingerprint density at radius 3 is 2.50 bits per heavy atom. The summed E-state index contributed by atoms with van der Waals surface area (Å²) in [5, 5.41) is 5.39. The highest BCUT2D eigenvalue weighted by molar-refractivity contribution is 4.67. The van der Waals surface area contributed by atoms with E-state index < -0.39 is 6.04 Å². The molecular formula is C6H12N2O2. The van der Waals surface area contributed by atoms with E-state index in [9.17, 15) is 9.81 Å². The van der Waals surface area contributed by atoms with Crippen molar-refractivity contribution in [3.63, 3.8) is 0 Å². The Kier molecular flexibility index (Phi) is 5.82. The van der Waals surface area contributed by atoms with Gasteiger partial charge in [0, 0.05) is 0 Å². The van der Waals surface area contributed by atoms with Crippen LogP contribution in [0.1, 0.15) is 26.2 Å². The van der Waals surface area contributed by atoms with Gasteiger partial charge >= 0.3 is 0 Å². The largest absolute Gasteiger partial charge is 0.151 e. The lowest BCUT2D eigenvalue weighted by Gasteiger charge is -2.00. The molecule has 0 aliphatic heterocycles. The zero-order valence-corrected chi connectivity index (χ0v) is 6.12. The van der Waals surface area contributed by atoms with Crippen molar-refractivity contribution in [1.82, 2.24) is 0 Å². The van der Waals surface area contributed by atoms with Crippen LogP contribution in [0.15, 0.2) is 10.4 Å². The molecule has 0 aromatic carbocycles. The van der Waals surface area contributed by atoms with E-state index >= 15 is 0 Å². The molecule has 0 saturated carbocycles. The van der Waals surface area contributed by atoms with E-state index in [-0.39, 0.29) is 6.54 Å². The first-order valence-electron chi connectivity index (χ1n) is 3.46. The molecule has 0 aliphatic rings. The minimum Gasteiger partial charge on any atom is -0.151 e. The fourth-order valence-corrected chi connectivity index (χ4v) is 0.703. The first-order chi connectivity index (χ1) is 4.85. The summed E-state index contributed by atoms with van der Waals surface area (Å²) in [4.78, 5) is 19.6. The van der Waals surface area contributed by atoms with Crippen LogP contribution in [0, 0.1) is 9.81 Å². The van der Waals surface area contributed by atoms with Gasteiger partial charge in [0.2, 0.25) is 0 Å². The molecule has 0 rings (SSSR count). The summed E-state index contributed by atoms with van der Waals surface area (Å²) in [6.45, 7) is 2.06. The van der Waals surface area contributed by atoms with Gasteiger partial charge in [-0.15, -0.1) is 0 Å². The van der Waals surface area contributed by atoms with Crippen molar-refractivity contribution in [3.8, 4) is 0 Å². The third-order valence-corrected chi connectivity index (χ3v) is 1.33. The predicted octanol–water partition coefficient (Wildman–Crippen LogP) is 2.08. The van der Waals surface area contributed by atoms with Crippen molar-refractivity contribution in [1.29, 1.82) is 0 Å². The maximum Gasteiger partial charge on any atom is 0.115 e. The second-order valence-corrected chi connectivity index (χ2v) is 2.21. The van der Waals surface area contributed by atoms with Crippen LogP contribution in [-0.2, 0) is 0 Å². The topological polar surface area (TPSA) is 58.9 Å². The molecule has 4 nitrogen and oxygen atoms in total. The van der Waals surface area contributed by atoms with Gasteiger partial charge in [0.25, 0.3) is 0 Å². The summed E-state index contributed by atoms with van der Waals surface area (Å²) in [5.74, 6) is 0. The molecule has 4 heteroatoms. The molecule has 0 N–H and O–H groups in total. The molecule has 1 atom stereocenters. The van der Waals surface area contributed by atoms with Gasteiger partial charge in [-0.25, -0.2) is 0 Å². The predicted molar refractivity (Wildman–Crippen MR) is 39.8 cm³/mol. The summed E-state index contributed by atoms with van der Waals surface area (Å²) >= 11 is 0. The van der Waals surface area contributed by atoms with Gasteiger partial charge < -0.3 is 0 Å². The number of hydrogen-bond acceptors (Lipinski definition) is 4. The van der Waals surface area contributed by atoms with E-state index in [1.165, 1.54) is 0 Å². The summed E-state index contributed by atoms with van der Waals surface area (Å²) in [6, 6.07) is -0.391. The maximum atomic E-state index is 9.95. The number of unbranched alkanes of at least 4 members (excludes halogenated alkanes) is 1. The molecule has 10 heavy (non-hydrogen) atoms. The Balaban J connectivity index is 3.38. The van der Waals surface area contributed by atoms with E-state index in [2.05, 4.69) is 10.4 Å². The van der Waals surface area contributed by atoms with E-state index in [4.69, 9.17) is 0 Å². The molecule has 58 valence electrons. The molecule has 0 fully saturated rings. The smallest absolute Gasteiger partial charge is 0.115 e. The molecule has 0 spiro atoms. The third-order valence-electron chi connectivity index (χ3n) is 1.33. The van der Waals surface area contributed by atoms with Crippen molar-refractivity contribution in [2.75, 3.05) is 6.54 Å². The van der Waals surface area contributed by atoms with Gasteiger partial charge in [0.1, 0.15) is 12.6 Å². The second kappa shape index (κ2) is 6.32. The summed E-state index contributed by atoms with van der Waals surface area (Å²) in [7, 11) is 0. The van der Waals surface area contributed by atoms with E-state index in [0.717, 1.165) is 12.8 Å². The Morgan fingerprint density at radius 2 is 2.10 bits per heavy atom. The third kappa shape index (κ3) is 4.12. The summed E-state index contributed by atoms with van der Waals surface area (Å²) in [5.41, 5.74) is 0. The van der Waals surface area contributed by atoms with Crippen LogP contribution < -0.4 is 0 Å². The van der Waals surface area contributed by atoms with Crippen LogP contribution in [0.25, 0.3) is 0 Å². The molecule has 0 aromatic heterocycles. The first kappa shape index (κ1) is 9.20. The van der Waals surface area contributed by atoms with Crippen LogP contribution >= 0.6 is 0 Å². The van der Waals surface area contributed by atoms with Gasteiger partial charge in [0.05, 0.1) is 0 Å². The molecular weight excluding hydrogens is 132 g/mol. The minimum absolute atomic E-state index is 0.0312. The molecule has 0 radical (unpaired) electrons. The molecule has 0 amide bonds. The number of hydrogen-bond donors (Lipinski definition) is 0. The van der Waals surface area contributed by atoms with E-state index in [0.29, 0.717) is 6.42 Å². The number of nitrogens with zero attached hydrogens (tertiary/aromatic N) is 2. The molecule has 0 heterocycles. The van der Waals surface area contributed by atoms with Crippen LogP contribution in [0.2, 0.25) is 0 Å². The van der Waals surface area contributed by atoms with Crippen LogP contribution in [0.5, 0.6) is 0 Å². The van der Waals surface area contributed by atoms with E-state index in [1.54, 1.807) is 0 Å².